The van der Waals surface area contributed by atoms with E-state index >= 15 is 0 Å². The van der Waals surface area contributed by atoms with Gasteiger partial charge in [0.2, 0.25) is 0 Å². The third-order valence-electron chi connectivity index (χ3n) is 3.74. The van der Waals surface area contributed by atoms with Crippen molar-refractivity contribution in [2.75, 3.05) is 12.3 Å². The van der Waals surface area contributed by atoms with Gasteiger partial charge < -0.3 is 10.6 Å². The second-order valence-corrected chi connectivity index (χ2v) is 5.06. The molecule has 1 fully saturated rings. The highest BCUT2D eigenvalue weighted by Crippen LogP contribution is 2.33. The summed E-state index contributed by atoms with van der Waals surface area (Å²) in [5, 5.41) is 0. The summed E-state index contributed by atoms with van der Waals surface area (Å²) in [6.45, 7) is 0.794. The monoisotopic (exact) mass is 267 g/mol. The largest absolute Gasteiger partial charge is 0.399 e. The van der Waals surface area contributed by atoms with Crippen LogP contribution >= 0.6 is 0 Å². The molecule has 0 aliphatic carbocycles. The van der Waals surface area contributed by atoms with Crippen molar-refractivity contribution in [3.8, 4) is 0 Å². The number of carbonyl (C=O) groups is 1. The maximum absolute atomic E-state index is 12.6. The third-order valence-corrected chi connectivity index (χ3v) is 3.74. The lowest BCUT2D eigenvalue weighted by molar-refractivity contribution is 0.0735. The minimum atomic E-state index is 0.0532. The quantitative estimate of drug-likeness (QED) is 0.851. The summed E-state index contributed by atoms with van der Waals surface area (Å²) in [7, 11) is 0. The average Bonchev–Trinajstić information content (AvgIpc) is 2.97. The molecule has 1 aliphatic rings. The van der Waals surface area contributed by atoms with E-state index in [0.29, 0.717) is 5.56 Å². The van der Waals surface area contributed by atoms with Gasteiger partial charge in [0.05, 0.1) is 11.6 Å². The number of rotatable bonds is 2. The van der Waals surface area contributed by atoms with E-state index in [4.69, 9.17) is 5.73 Å². The van der Waals surface area contributed by atoms with Gasteiger partial charge in [-0.2, -0.15) is 0 Å². The van der Waals surface area contributed by atoms with Crippen molar-refractivity contribution in [1.29, 1.82) is 0 Å². The lowest BCUT2D eigenvalue weighted by atomic mass is 10.0. The molecule has 102 valence electrons. The van der Waals surface area contributed by atoms with Gasteiger partial charge in [0.15, 0.2) is 0 Å². The van der Waals surface area contributed by atoms with E-state index in [-0.39, 0.29) is 11.9 Å². The fourth-order valence-corrected chi connectivity index (χ4v) is 2.73. The van der Waals surface area contributed by atoms with Crippen LogP contribution in [0.4, 0.5) is 5.69 Å². The molecule has 1 unspecified atom stereocenters. The van der Waals surface area contributed by atoms with E-state index in [0.717, 1.165) is 30.6 Å². The summed E-state index contributed by atoms with van der Waals surface area (Å²) in [4.78, 5) is 18.5. The number of amides is 1. The van der Waals surface area contributed by atoms with Crippen LogP contribution in [0, 0.1) is 0 Å². The summed E-state index contributed by atoms with van der Waals surface area (Å²) >= 11 is 0. The number of nitrogens with two attached hydrogens (primary N) is 1. The molecule has 1 atom stereocenters. The highest BCUT2D eigenvalue weighted by atomic mass is 16.2. The number of anilines is 1. The van der Waals surface area contributed by atoms with Crippen LogP contribution in [-0.2, 0) is 0 Å². The fraction of sp³-hybridized carbons (Fsp3) is 0.250. The Kier molecular flexibility index (Phi) is 3.37. The molecule has 2 heterocycles. The Hall–Kier alpha value is -2.36. The summed E-state index contributed by atoms with van der Waals surface area (Å²) in [6, 6.07) is 11.5. The number of nitrogen functional groups attached to an aromatic ring is 1. The molecule has 0 radical (unpaired) electrons. The number of hydrogen-bond donors (Lipinski definition) is 1. The van der Waals surface area contributed by atoms with Crippen LogP contribution in [0.5, 0.6) is 0 Å². The molecule has 1 saturated heterocycles. The molecule has 2 aromatic rings. The van der Waals surface area contributed by atoms with Gasteiger partial charge in [-0.3, -0.25) is 9.78 Å². The highest BCUT2D eigenvalue weighted by molar-refractivity contribution is 5.94. The molecule has 4 heteroatoms. The first kappa shape index (κ1) is 12.7. The Morgan fingerprint density at radius 2 is 2.05 bits per heavy atom. The Balaban J connectivity index is 1.86. The topological polar surface area (TPSA) is 59.2 Å². The fourth-order valence-electron chi connectivity index (χ4n) is 2.73. The standard InChI is InChI=1S/C16H17N3O/c17-14-7-5-12(6-8-14)15-4-2-10-19(15)16(20)13-3-1-9-18-11-13/h1,3,5-9,11,15H,2,4,10,17H2. The molecule has 2 N–H and O–H groups in total. The summed E-state index contributed by atoms with van der Waals surface area (Å²) in [5.41, 5.74) is 8.26. The summed E-state index contributed by atoms with van der Waals surface area (Å²) in [5.74, 6) is 0.0532. The lowest BCUT2D eigenvalue weighted by Gasteiger charge is -2.25. The van der Waals surface area contributed by atoms with Crippen molar-refractivity contribution in [2.45, 2.75) is 18.9 Å². The normalized spacial score (nSPS) is 18.2. The number of hydrogen-bond acceptors (Lipinski definition) is 3. The maximum atomic E-state index is 12.6. The molecule has 1 aliphatic heterocycles. The number of carbonyl (C=O) groups excluding carboxylic acids is 1. The Labute approximate surface area is 118 Å². The Morgan fingerprint density at radius 3 is 2.75 bits per heavy atom. The molecule has 3 rings (SSSR count). The molecule has 4 nitrogen and oxygen atoms in total. The van der Waals surface area contributed by atoms with Crippen LogP contribution in [-0.4, -0.2) is 22.3 Å². The van der Waals surface area contributed by atoms with E-state index in [2.05, 4.69) is 4.98 Å². The summed E-state index contributed by atoms with van der Waals surface area (Å²) in [6.07, 6.45) is 5.33. The number of aromatic nitrogens is 1. The van der Waals surface area contributed by atoms with E-state index in [1.54, 1.807) is 18.5 Å². The zero-order valence-electron chi connectivity index (χ0n) is 11.2. The molecular formula is C16H17N3O. The van der Waals surface area contributed by atoms with Gasteiger partial charge in [0, 0.05) is 24.6 Å². The molecule has 20 heavy (non-hydrogen) atoms. The second-order valence-electron chi connectivity index (χ2n) is 5.06. The molecule has 1 aromatic carbocycles. The van der Waals surface area contributed by atoms with Crippen molar-refractivity contribution >= 4 is 11.6 Å². The van der Waals surface area contributed by atoms with Crippen LogP contribution in [0.1, 0.15) is 34.8 Å². The van der Waals surface area contributed by atoms with Gasteiger partial charge in [-0.1, -0.05) is 12.1 Å². The van der Waals surface area contributed by atoms with Crippen LogP contribution in [0.25, 0.3) is 0 Å². The Morgan fingerprint density at radius 1 is 1.25 bits per heavy atom. The van der Waals surface area contributed by atoms with Gasteiger partial charge in [-0.25, -0.2) is 0 Å². The Bertz CT molecular complexity index is 595. The lowest BCUT2D eigenvalue weighted by Crippen LogP contribution is -2.30. The van der Waals surface area contributed by atoms with Gasteiger partial charge in [-0.15, -0.1) is 0 Å². The minimum absolute atomic E-state index is 0.0532. The van der Waals surface area contributed by atoms with Crippen molar-refractivity contribution in [1.82, 2.24) is 9.88 Å². The first-order valence-electron chi connectivity index (χ1n) is 6.82. The number of pyridine rings is 1. The predicted octanol–water partition coefficient (Wildman–Crippen LogP) is 2.64. The predicted molar refractivity (Wildman–Crippen MR) is 78.1 cm³/mol. The van der Waals surface area contributed by atoms with E-state index in [1.165, 1.54) is 0 Å². The van der Waals surface area contributed by atoms with Gasteiger partial charge >= 0.3 is 0 Å². The number of likely N-dealkylation sites (tertiary alicyclic amines) is 1. The molecule has 0 saturated carbocycles. The molecule has 1 amide bonds. The van der Waals surface area contributed by atoms with Crippen LogP contribution in [0.2, 0.25) is 0 Å². The first-order valence-corrected chi connectivity index (χ1v) is 6.82. The van der Waals surface area contributed by atoms with Gasteiger partial charge in [0.1, 0.15) is 0 Å². The highest BCUT2D eigenvalue weighted by Gasteiger charge is 2.30. The SMILES string of the molecule is Nc1ccc(C2CCCN2C(=O)c2cccnc2)cc1. The summed E-state index contributed by atoms with van der Waals surface area (Å²) < 4.78 is 0. The van der Waals surface area contributed by atoms with Gasteiger partial charge in [0.25, 0.3) is 5.91 Å². The van der Waals surface area contributed by atoms with Crippen LogP contribution in [0.15, 0.2) is 48.8 Å². The van der Waals surface area contributed by atoms with Crippen molar-refractivity contribution < 1.29 is 4.79 Å². The zero-order chi connectivity index (χ0) is 13.9. The van der Waals surface area contributed by atoms with E-state index < -0.39 is 0 Å². The van der Waals surface area contributed by atoms with Crippen molar-refractivity contribution in [3.63, 3.8) is 0 Å². The minimum Gasteiger partial charge on any atom is -0.399 e. The smallest absolute Gasteiger partial charge is 0.255 e. The van der Waals surface area contributed by atoms with Crippen molar-refractivity contribution in [2.24, 2.45) is 0 Å². The molecular weight excluding hydrogens is 250 g/mol. The maximum Gasteiger partial charge on any atom is 0.255 e. The molecule has 0 bridgehead atoms. The van der Waals surface area contributed by atoms with Crippen molar-refractivity contribution in [3.05, 3.63) is 59.9 Å². The van der Waals surface area contributed by atoms with Gasteiger partial charge in [-0.05, 0) is 42.7 Å². The average molecular weight is 267 g/mol. The number of benzene rings is 1. The number of nitrogens with zero attached hydrogens (tertiary/aromatic N) is 2. The molecule has 0 spiro atoms. The third kappa shape index (κ3) is 2.37. The second kappa shape index (κ2) is 5.33. The van der Waals surface area contributed by atoms with Crippen LogP contribution < -0.4 is 5.73 Å². The van der Waals surface area contributed by atoms with Crippen LogP contribution in [0.3, 0.4) is 0 Å². The molecule has 1 aromatic heterocycles. The van der Waals surface area contributed by atoms with E-state index in [9.17, 15) is 4.79 Å². The van der Waals surface area contributed by atoms with E-state index in [1.807, 2.05) is 35.2 Å². The zero-order valence-corrected chi connectivity index (χ0v) is 11.2. The first-order chi connectivity index (χ1) is 9.75.